The van der Waals surface area contributed by atoms with E-state index in [2.05, 4.69) is 27.7 Å². The van der Waals surface area contributed by atoms with Crippen molar-refractivity contribution in [2.75, 3.05) is 6.61 Å². The molecule has 3 nitrogen and oxygen atoms in total. The molecule has 22 heavy (non-hydrogen) atoms. The predicted octanol–water partition coefficient (Wildman–Crippen LogP) is 4.28. The second-order valence-corrected chi connectivity index (χ2v) is 6.76. The largest absolute Gasteiger partial charge is 0.507 e. The van der Waals surface area contributed by atoms with Crippen molar-refractivity contribution < 1.29 is 14.6 Å². The number of rotatable bonds is 8. The van der Waals surface area contributed by atoms with Crippen molar-refractivity contribution in [2.24, 2.45) is 11.8 Å². The number of aromatic hydroxyl groups is 1. The van der Waals surface area contributed by atoms with E-state index < -0.39 is 0 Å². The van der Waals surface area contributed by atoms with Gasteiger partial charge in [0.05, 0.1) is 6.61 Å². The van der Waals surface area contributed by atoms with Crippen LogP contribution in [-0.2, 0) is 28.8 Å². The maximum Gasteiger partial charge on any atom is 0.306 e. The first-order valence-corrected chi connectivity index (χ1v) is 8.32. The number of hydrogen-bond donors (Lipinski definition) is 1. The molecule has 124 valence electrons. The van der Waals surface area contributed by atoms with Gasteiger partial charge in [-0.15, -0.1) is 0 Å². The molecule has 0 atom stereocenters. The van der Waals surface area contributed by atoms with Crippen LogP contribution in [0.5, 0.6) is 5.75 Å². The van der Waals surface area contributed by atoms with Crippen molar-refractivity contribution in [2.45, 2.75) is 60.3 Å². The number of hydrogen-bond acceptors (Lipinski definition) is 3. The Morgan fingerprint density at radius 1 is 1.09 bits per heavy atom. The molecule has 0 amide bonds. The third-order valence-electron chi connectivity index (χ3n) is 3.51. The fraction of sp³-hybridized carbons (Fsp3) is 0.632. The molecule has 0 aliphatic carbocycles. The molecular weight excluding hydrogens is 276 g/mol. The summed E-state index contributed by atoms with van der Waals surface area (Å²) < 4.78 is 4.99. The number of benzene rings is 1. The molecule has 0 unspecified atom stereocenters. The van der Waals surface area contributed by atoms with Crippen LogP contribution in [0.25, 0.3) is 0 Å². The third kappa shape index (κ3) is 6.08. The molecule has 0 aliphatic heterocycles. The SMILES string of the molecule is CCOC(=O)CCc1cc(CC(C)C)c(O)c(CC(C)C)c1. The average Bonchev–Trinajstić information content (AvgIpc) is 2.40. The van der Waals surface area contributed by atoms with Gasteiger partial charge in [-0.3, -0.25) is 4.79 Å². The van der Waals surface area contributed by atoms with Crippen LogP contribution in [0.1, 0.15) is 57.7 Å². The Morgan fingerprint density at radius 2 is 1.59 bits per heavy atom. The van der Waals surface area contributed by atoms with E-state index in [1.807, 2.05) is 19.1 Å². The molecule has 0 radical (unpaired) electrons. The molecule has 0 aromatic heterocycles. The number of esters is 1. The number of carbonyl (C=O) groups is 1. The van der Waals surface area contributed by atoms with Crippen LogP contribution in [0.2, 0.25) is 0 Å². The molecule has 1 aromatic rings. The normalized spacial score (nSPS) is 11.2. The van der Waals surface area contributed by atoms with Gasteiger partial charge in [-0.1, -0.05) is 39.8 Å². The lowest BCUT2D eigenvalue weighted by Crippen LogP contribution is -2.07. The Morgan fingerprint density at radius 3 is 2.00 bits per heavy atom. The Kier molecular flexibility index (Phi) is 7.43. The summed E-state index contributed by atoms with van der Waals surface area (Å²) in [5, 5.41) is 10.5. The zero-order valence-electron chi connectivity index (χ0n) is 14.6. The number of carbonyl (C=O) groups excluding carboxylic acids is 1. The van der Waals surface area contributed by atoms with Gasteiger partial charge in [-0.25, -0.2) is 0 Å². The number of aryl methyl sites for hydroxylation is 1. The van der Waals surface area contributed by atoms with Crippen molar-refractivity contribution in [3.05, 3.63) is 28.8 Å². The molecule has 0 heterocycles. The topological polar surface area (TPSA) is 46.5 Å². The van der Waals surface area contributed by atoms with Gasteiger partial charge in [-0.2, -0.15) is 0 Å². The van der Waals surface area contributed by atoms with Crippen molar-refractivity contribution in [1.82, 2.24) is 0 Å². The average molecular weight is 306 g/mol. The summed E-state index contributed by atoms with van der Waals surface area (Å²) in [6.07, 6.45) is 2.75. The van der Waals surface area contributed by atoms with Gasteiger partial charge in [0.1, 0.15) is 5.75 Å². The summed E-state index contributed by atoms with van der Waals surface area (Å²) in [5.74, 6) is 1.24. The lowest BCUT2D eigenvalue weighted by molar-refractivity contribution is -0.143. The summed E-state index contributed by atoms with van der Waals surface area (Å²) in [6, 6.07) is 4.08. The molecule has 0 aliphatic rings. The Labute approximate surface area is 134 Å². The van der Waals surface area contributed by atoms with Crippen LogP contribution in [0.15, 0.2) is 12.1 Å². The fourth-order valence-corrected chi connectivity index (χ4v) is 2.65. The maximum absolute atomic E-state index is 11.5. The minimum atomic E-state index is -0.161. The summed E-state index contributed by atoms with van der Waals surface area (Å²) in [6.45, 7) is 10.8. The van der Waals surface area contributed by atoms with Crippen LogP contribution in [-0.4, -0.2) is 17.7 Å². The summed E-state index contributed by atoms with van der Waals surface area (Å²) >= 11 is 0. The van der Waals surface area contributed by atoms with E-state index in [0.29, 0.717) is 37.0 Å². The van der Waals surface area contributed by atoms with E-state index in [4.69, 9.17) is 4.74 Å². The lowest BCUT2D eigenvalue weighted by Gasteiger charge is -2.16. The molecule has 0 spiro atoms. The first kappa shape index (κ1) is 18.5. The minimum absolute atomic E-state index is 0.161. The van der Waals surface area contributed by atoms with Crippen LogP contribution in [0.4, 0.5) is 0 Å². The number of phenols is 1. The second kappa shape index (κ2) is 8.82. The number of phenolic OH excluding ortho intramolecular Hbond substituents is 1. The van der Waals surface area contributed by atoms with Crippen LogP contribution in [0.3, 0.4) is 0 Å². The third-order valence-corrected chi connectivity index (χ3v) is 3.51. The van der Waals surface area contributed by atoms with Crippen LogP contribution < -0.4 is 0 Å². The fourth-order valence-electron chi connectivity index (χ4n) is 2.65. The minimum Gasteiger partial charge on any atom is -0.507 e. The van der Waals surface area contributed by atoms with Crippen molar-refractivity contribution in [3.63, 3.8) is 0 Å². The molecule has 1 rings (SSSR count). The first-order valence-electron chi connectivity index (χ1n) is 8.32. The number of ether oxygens (including phenoxy) is 1. The van der Waals surface area contributed by atoms with Crippen molar-refractivity contribution in [1.29, 1.82) is 0 Å². The molecule has 0 bridgehead atoms. The Hall–Kier alpha value is -1.51. The van der Waals surface area contributed by atoms with Gasteiger partial charge < -0.3 is 9.84 Å². The summed E-state index contributed by atoms with van der Waals surface area (Å²) in [7, 11) is 0. The molecule has 1 aromatic carbocycles. The highest BCUT2D eigenvalue weighted by molar-refractivity contribution is 5.69. The van der Waals surface area contributed by atoms with Crippen LogP contribution in [0, 0.1) is 11.8 Å². The first-order chi connectivity index (χ1) is 10.3. The zero-order valence-corrected chi connectivity index (χ0v) is 14.6. The van der Waals surface area contributed by atoms with E-state index in [9.17, 15) is 9.90 Å². The van der Waals surface area contributed by atoms with E-state index in [-0.39, 0.29) is 5.97 Å². The summed E-state index contributed by atoms with van der Waals surface area (Å²) in [4.78, 5) is 11.5. The van der Waals surface area contributed by atoms with E-state index in [1.54, 1.807) is 0 Å². The molecule has 0 saturated heterocycles. The van der Waals surface area contributed by atoms with Gasteiger partial charge in [-0.05, 0) is 54.7 Å². The van der Waals surface area contributed by atoms with E-state index >= 15 is 0 Å². The van der Waals surface area contributed by atoms with E-state index in [1.165, 1.54) is 0 Å². The predicted molar refractivity (Wildman–Crippen MR) is 90.1 cm³/mol. The van der Waals surface area contributed by atoms with Gasteiger partial charge in [0, 0.05) is 6.42 Å². The quantitative estimate of drug-likeness (QED) is 0.729. The van der Waals surface area contributed by atoms with Gasteiger partial charge in [0.15, 0.2) is 0 Å². The standard InChI is InChI=1S/C19H30O3/c1-6-22-18(20)8-7-15-11-16(9-13(2)3)19(21)17(12-15)10-14(4)5/h11-14,21H,6-10H2,1-5H3. The zero-order chi connectivity index (χ0) is 16.7. The monoisotopic (exact) mass is 306 g/mol. The molecular formula is C19H30O3. The highest BCUT2D eigenvalue weighted by atomic mass is 16.5. The molecule has 0 saturated carbocycles. The van der Waals surface area contributed by atoms with E-state index in [0.717, 1.165) is 29.5 Å². The highest BCUT2D eigenvalue weighted by Crippen LogP contribution is 2.29. The van der Waals surface area contributed by atoms with Crippen LogP contribution >= 0.6 is 0 Å². The molecule has 3 heteroatoms. The highest BCUT2D eigenvalue weighted by Gasteiger charge is 2.13. The smallest absolute Gasteiger partial charge is 0.306 e. The van der Waals surface area contributed by atoms with Crippen molar-refractivity contribution >= 4 is 5.97 Å². The second-order valence-electron chi connectivity index (χ2n) is 6.76. The molecule has 1 N–H and O–H groups in total. The van der Waals surface area contributed by atoms with Gasteiger partial charge in [0.2, 0.25) is 0 Å². The van der Waals surface area contributed by atoms with Gasteiger partial charge in [0.25, 0.3) is 0 Å². The molecule has 0 fully saturated rings. The Balaban J connectivity index is 2.97. The van der Waals surface area contributed by atoms with Crippen molar-refractivity contribution in [3.8, 4) is 5.75 Å². The summed E-state index contributed by atoms with van der Waals surface area (Å²) in [5.41, 5.74) is 3.09. The Bertz CT molecular complexity index is 458. The maximum atomic E-state index is 11.5. The van der Waals surface area contributed by atoms with Gasteiger partial charge >= 0.3 is 5.97 Å². The lowest BCUT2D eigenvalue weighted by atomic mass is 9.92.